The lowest BCUT2D eigenvalue weighted by atomic mass is 10.2. The van der Waals surface area contributed by atoms with Crippen LogP contribution in [0.2, 0.25) is 5.02 Å². The largest absolute Gasteiger partial charge is 0.508 e. The SMILES string of the molecule is N#CC#Cc1ccc(O)cc1Cl. The van der Waals surface area contributed by atoms with Crippen molar-refractivity contribution in [1.82, 2.24) is 0 Å². The molecule has 0 amide bonds. The van der Waals surface area contributed by atoms with E-state index < -0.39 is 0 Å². The average molecular weight is 178 g/mol. The van der Waals surface area contributed by atoms with Gasteiger partial charge in [-0.05, 0) is 24.1 Å². The molecule has 0 saturated heterocycles. The molecule has 0 aliphatic heterocycles. The summed E-state index contributed by atoms with van der Waals surface area (Å²) in [6, 6.07) is 6.08. The third-order valence-corrected chi connectivity index (χ3v) is 1.52. The van der Waals surface area contributed by atoms with Gasteiger partial charge in [0.1, 0.15) is 5.75 Å². The van der Waals surface area contributed by atoms with Crippen molar-refractivity contribution in [1.29, 1.82) is 5.26 Å². The number of nitriles is 1. The second-order valence-electron chi connectivity index (χ2n) is 2.03. The molecule has 0 spiro atoms. The number of benzene rings is 1. The van der Waals surface area contributed by atoms with Crippen molar-refractivity contribution in [2.24, 2.45) is 0 Å². The number of aromatic hydroxyl groups is 1. The summed E-state index contributed by atoms with van der Waals surface area (Å²) in [5.41, 5.74) is 0.538. The van der Waals surface area contributed by atoms with Crippen LogP contribution in [0.3, 0.4) is 0 Å². The molecule has 1 aromatic rings. The van der Waals surface area contributed by atoms with Gasteiger partial charge in [0.15, 0.2) is 6.07 Å². The first kappa shape index (κ1) is 8.46. The number of hydrogen-bond donors (Lipinski definition) is 1. The fourth-order valence-electron chi connectivity index (χ4n) is 0.701. The van der Waals surface area contributed by atoms with E-state index in [4.69, 9.17) is 22.0 Å². The summed E-state index contributed by atoms with van der Waals surface area (Å²) < 4.78 is 0. The fourth-order valence-corrected chi connectivity index (χ4v) is 0.923. The van der Waals surface area contributed by atoms with Gasteiger partial charge in [0.05, 0.1) is 5.02 Å². The zero-order valence-electron chi connectivity index (χ0n) is 6.00. The molecule has 0 bridgehead atoms. The van der Waals surface area contributed by atoms with Crippen LogP contribution in [0.25, 0.3) is 0 Å². The molecule has 2 nitrogen and oxygen atoms in total. The Balaban J connectivity index is 3.12. The predicted octanol–water partition coefficient (Wildman–Crippen LogP) is 1.92. The molecule has 1 rings (SSSR count). The van der Waals surface area contributed by atoms with Crippen molar-refractivity contribution >= 4 is 11.6 Å². The van der Waals surface area contributed by atoms with Gasteiger partial charge in [0.25, 0.3) is 0 Å². The van der Waals surface area contributed by atoms with Crippen molar-refractivity contribution in [3.8, 4) is 23.7 Å². The van der Waals surface area contributed by atoms with E-state index in [2.05, 4.69) is 11.8 Å². The van der Waals surface area contributed by atoms with E-state index in [1.165, 1.54) is 12.1 Å². The second-order valence-corrected chi connectivity index (χ2v) is 2.43. The Kier molecular flexibility index (Phi) is 2.58. The van der Waals surface area contributed by atoms with Crippen molar-refractivity contribution in [3.05, 3.63) is 28.8 Å². The van der Waals surface area contributed by atoms with Gasteiger partial charge in [-0.3, -0.25) is 0 Å². The lowest BCUT2D eigenvalue weighted by molar-refractivity contribution is 0.475. The predicted molar refractivity (Wildman–Crippen MR) is 45.6 cm³/mol. The normalized spacial score (nSPS) is 8.00. The number of phenolic OH excluding ortho intramolecular Hbond substituents is 1. The van der Waals surface area contributed by atoms with Gasteiger partial charge in [-0.1, -0.05) is 11.6 Å². The summed E-state index contributed by atoms with van der Waals surface area (Å²) in [7, 11) is 0. The van der Waals surface area contributed by atoms with Crippen LogP contribution >= 0.6 is 11.6 Å². The van der Waals surface area contributed by atoms with E-state index >= 15 is 0 Å². The van der Waals surface area contributed by atoms with Gasteiger partial charge in [0.2, 0.25) is 0 Å². The molecule has 0 fully saturated rings. The summed E-state index contributed by atoms with van der Waals surface area (Å²) in [5, 5.41) is 17.5. The zero-order valence-corrected chi connectivity index (χ0v) is 6.76. The molecule has 0 radical (unpaired) electrons. The van der Waals surface area contributed by atoms with Crippen LogP contribution in [0.15, 0.2) is 18.2 Å². The van der Waals surface area contributed by atoms with Gasteiger partial charge >= 0.3 is 0 Å². The van der Waals surface area contributed by atoms with Gasteiger partial charge in [-0.25, -0.2) is 0 Å². The van der Waals surface area contributed by atoms with E-state index in [0.717, 1.165) is 0 Å². The van der Waals surface area contributed by atoms with E-state index in [1.807, 2.05) is 0 Å². The van der Waals surface area contributed by atoms with Crippen molar-refractivity contribution in [3.63, 3.8) is 0 Å². The Morgan fingerprint density at radius 3 is 2.75 bits per heavy atom. The fraction of sp³-hybridized carbons (Fsp3) is 0. The maximum atomic E-state index is 8.97. The van der Waals surface area contributed by atoms with E-state index in [-0.39, 0.29) is 5.75 Å². The number of halogens is 1. The molecule has 0 atom stereocenters. The van der Waals surface area contributed by atoms with Crippen molar-refractivity contribution in [2.75, 3.05) is 0 Å². The van der Waals surface area contributed by atoms with E-state index in [9.17, 15) is 0 Å². The molecular weight excluding hydrogens is 174 g/mol. The molecule has 0 saturated carbocycles. The van der Waals surface area contributed by atoms with Crippen LogP contribution in [-0.2, 0) is 0 Å². The highest BCUT2D eigenvalue weighted by molar-refractivity contribution is 6.31. The summed E-state index contributed by atoms with van der Waals surface area (Å²) in [6.45, 7) is 0. The topological polar surface area (TPSA) is 44.0 Å². The third-order valence-electron chi connectivity index (χ3n) is 1.21. The van der Waals surface area contributed by atoms with Gasteiger partial charge in [-0.2, -0.15) is 5.26 Å². The molecule has 3 heteroatoms. The number of rotatable bonds is 0. The minimum Gasteiger partial charge on any atom is -0.508 e. The van der Waals surface area contributed by atoms with Crippen molar-refractivity contribution in [2.45, 2.75) is 0 Å². The standard InChI is InChI=1S/C9H4ClNO/c10-9-6-8(12)4-3-7(9)2-1-5-11/h3-4,6,12H. The maximum Gasteiger partial charge on any atom is 0.152 e. The molecule has 58 valence electrons. The Bertz CT molecular complexity index is 395. The van der Waals surface area contributed by atoms with E-state index in [1.54, 1.807) is 12.1 Å². The van der Waals surface area contributed by atoms with Crippen LogP contribution in [-0.4, -0.2) is 5.11 Å². The summed E-state index contributed by atoms with van der Waals surface area (Å²) in [5.74, 6) is 4.84. The summed E-state index contributed by atoms with van der Waals surface area (Å²) in [4.78, 5) is 0. The zero-order chi connectivity index (χ0) is 8.97. The first-order valence-electron chi connectivity index (χ1n) is 3.12. The Morgan fingerprint density at radius 1 is 1.42 bits per heavy atom. The first-order chi connectivity index (χ1) is 5.74. The maximum absolute atomic E-state index is 8.97. The minimum atomic E-state index is 0.0857. The second kappa shape index (κ2) is 3.67. The van der Waals surface area contributed by atoms with Crippen LogP contribution in [0.1, 0.15) is 5.56 Å². The Labute approximate surface area is 75.0 Å². The molecule has 1 N–H and O–H groups in total. The molecule has 0 heterocycles. The highest BCUT2D eigenvalue weighted by Crippen LogP contribution is 2.20. The molecule has 0 aliphatic rings. The van der Waals surface area contributed by atoms with Crippen LogP contribution < -0.4 is 0 Å². The number of phenols is 1. The molecule has 0 aliphatic carbocycles. The quantitative estimate of drug-likeness (QED) is 0.616. The molecule has 0 unspecified atom stereocenters. The van der Waals surface area contributed by atoms with Gasteiger partial charge in [0, 0.05) is 11.5 Å². The number of hydrogen-bond acceptors (Lipinski definition) is 2. The van der Waals surface area contributed by atoms with Crippen LogP contribution in [0.5, 0.6) is 5.75 Å². The highest BCUT2D eigenvalue weighted by atomic mass is 35.5. The van der Waals surface area contributed by atoms with Gasteiger partial charge in [-0.15, -0.1) is 0 Å². The molecule has 0 aromatic heterocycles. The van der Waals surface area contributed by atoms with Crippen LogP contribution in [0, 0.1) is 23.2 Å². The Hall–Kier alpha value is -1.64. The molecule has 12 heavy (non-hydrogen) atoms. The lowest BCUT2D eigenvalue weighted by Gasteiger charge is -1.94. The van der Waals surface area contributed by atoms with E-state index in [0.29, 0.717) is 10.6 Å². The highest BCUT2D eigenvalue weighted by Gasteiger charge is 1.96. The average Bonchev–Trinajstić information content (AvgIpc) is 2.03. The molecular formula is C9H4ClNO. The first-order valence-corrected chi connectivity index (χ1v) is 3.50. The smallest absolute Gasteiger partial charge is 0.152 e. The minimum absolute atomic E-state index is 0.0857. The third kappa shape index (κ3) is 1.92. The molecule has 1 aromatic carbocycles. The summed E-state index contributed by atoms with van der Waals surface area (Å²) in [6.07, 6.45) is 0. The van der Waals surface area contributed by atoms with Crippen molar-refractivity contribution < 1.29 is 5.11 Å². The van der Waals surface area contributed by atoms with Crippen LogP contribution in [0.4, 0.5) is 0 Å². The monoisotopic (exact) mass is 177 g/mol. The lowest BCUT2D eigenvalue weighted by Crippen LogP contribution is -1.75. The van der Waals surface area contributed by atoms with Gasteiger partial charge < -0.3 is 5.11 Å². The summed E-state index contributed by atoms with van der Waals surface area (Å²) >= 11 is 5.69. The number of nitrogens with zero attached hydrogens (tertiary/aromatic N) is 1. The Morgan fingerprint density at radius 2 is 2.17 bits per heavy atom.